The quantitative estimate of drug-likeness (QED) is 0.571. The standard InChI is InChI=1S/C21H18N2O4/c1-12-13(2)22-18-8-7-14(11-17(12)18)21(26)27-10-9-23-19(24)15-5-3-4-6-16(15)20(23)25/h3-8,11,22H,9-10H2,1-2H3. The van der Waals surface area contributed by atoms with Gasteiger partial charge in [0.1, 0.15) is 6.61 Å². The normalized spacial score (nSPS) is 13.3. The van der Waals surface area contributed by atoms with Gasteiger partial charge in [-0.3, -0.25) is 14.5 Å². The van der Waals surface area contributed by atoms with Crippen LogP contribution in [0.15, 0.2) is 42.5 Å². The van der Waals surface area contributed by atoms with Crippen molar-refractivity contribution in [3.8, 4) is 0 Å². The lowest BCUT2D eigenvalue weighted by molar-refractivity contribution is 0.0420. The highest BCUT2D eigenvalue weighted by atomic mass is 16.5. The molecule has 1 aliphatic heterocycles. The van der Waals surface area contributed by atoms with Crippen molar-refractivity contribution in [2.45, 2.75) is 13.8 Å². The van der Waals surface area contributed by atoms with Crippen LogP contribution in [-0.2, 0) is 4.74 Å². The molecule has 4 rings (SSSR count). The molecule has 0 atom stereocenters. The summed E-state index contributed by atoms with van der Waals surface area (Å²) in [7, 11) is 0. The summed E-state index contributed by atoms with van der Waals surface area (Å²) in [6.07, 6.45) is 0. The van der Waals surface area contributed by atoms with Gasteiger partial charge in [0.2, 0.25) is 0 Å². The largest absolute Gasteiger partial charge is 0.460 e. The second-order valence-corrected chi connectivity index (χ2v) is 6.58. The van der Waals surface area contributed by atoms with Crippen LogP contribution in [0.1, 0.15) is 42.3 Å². The molecule has 0 bridgehead atoms. The number of benzene rings is 2. The van der Waals surface area contributed by atoms with Crippen LogP contribution in [0, 0.1) is 13.8 Å². The fourth-order valence-electron chi connectivity index (χ4n) is 3.34. The van der Waals surface area contributed by atoms with Crippen LogP contribution in [0.25, 0.3) is 10.9 Å². The summed E-state index contributed by atoms with van der Waals surface area (Å²) in [5, 5.41) is 0.974. The predicted octanol–water partition coefficient (Wildman–Crippen LogP) is 3.24. The minimum absolute atomic E-state index is 0.0304. The monoisotopic (exact) mass is 362 g/mol. The molecule has 6 heteroatoms. The smallest absolute Gasteiger partial charge is 0.338 e. The predicted molar refractivity (Wildman–Crippen MR) is 99.9 cm³/mol. The van der Waals surface area contributed by atoms with Gasteiger partial charge in [0.25, 0.3) is 11.8 Å². The van der Waals surface area contributed by atoms with Gasteiger partial charge in [-0.05, 0) is 49.7 Å². The number of nitrogens with one attached hydrogen (secondary N) is 1. The lowest BCUT2D eigenvalue weighted by atomic mass is 10.1. The van der Waals surface area contributed by atoms with Crippen molar-refractivity contribution in [1.29, 1.82) is 0 Å². The van der Waals surface area contributed by atoms with Gasteiger partial charge in [0.15, 0.2) is 0 Å². The van der Waals surface area contributed by atoms with E-state index in [4.69, 9.17) is 4.74 Å². The number of rotatable bonds is 4. The molecule has 3 aromatic rings. The topological polar surface area (TPSA) is 79.5 Å². The van der Waals surface area contributed by atoms with E-state index in [1.165, 1.54) is 0 Å². The van der Waals surface area contributed by atoms with Gasteiger partial charge in [0.05, 0.1) is 23.2 Å². The average Bonchev–Trinajstić information content (AvgIpc) is 3.10. The maximum Gasteiger partial charge on any atom is 0.338 e. The highest BCUT2D eigenvalue weighted by molar-refractivity contribution is 6.21. The molecule has 0 unspecified atom stereocenters. The molecule has 2 amide bonds. The van der Waals surface area contributed by atoms with Crippen molar-refractivity contribution in [1.82, 2.24) is 9.88 Å². The number of aromatic nitrogens is 1. The molecular weight excluding hydrogens is 344 g/mol. The second kappa shape index (κ2) is 6.39. The maximum atomic E-state index is 12.3. The van der Waals surface area contributed by atoms with Crippen LogP contribution in [0.2, 0.25) is 0 Å². The number of fused-ring (bicyclic) bond motifs is 2. The Morgan fingerprint density at radius 3 is 2.37 bits per heavy atom. The third kappa shape index (κ3) is 2.79. The highest BCUT2D eigenvalue weighted by Gasteiger charge is 2.34. The van der Waals surface area contributed by atoms with E-state index in [1.54, 1.807) is 36.4 Å². The van der Waals surface area contributed by atoms with E-state index in [2.05, 4.69) is 4.98 Å². The molecule has 1 aromatic heterocycles. The summed E-state index contributed by atoms with van der Waals surface area (Å²) >= 11 is 0. The first-order valence-corrected chi connectivity index (χ1v) is 8.68. The Hall–Kier alpha value is -3.41. The van der Waals surface area contributed by atoms with Crippen molar-refractivity contribution < 1.29 is 19.1 Å². The van der Waals surface area contributed by atoms with Crippen molar-refractivity contribution in [3.63, 3.8) is 0 Å². The number of H-pyrrole nitrogens is 1. The van der Waals surface area contributed by atoms with Gasteiger partial charge in [-0.15, -0.1) is 0 Å². The minimum atomic E-state index is -0.480. The van der Waals surface area contributed by atoms with Gasteiger partial charge >= 0.3 is 5.97 Å². The summed E-state index contributed by atoms with van der Waals surface area (Å²) in [6.45, 7) is 3.96. The van der Waals surface area contributed by atoms with Crippen LogP contribution in [0.5, 0.6) is 0 Å². The first kappa shape index (κ1) is 17.0. The number of imide groups is 1. The molecule has 0 radical (unpaired) electrons. The Kier molecular flexibility index (Phi) is 4.03. The Balaban J connectivity index is 1.43. The Labute approximate surface area is 155 Å². The zero-order valence-electron chi connectivity index (χ0n) is 15.0. The van der Waals surface area contributed by atoms with Gasteiger partial charge in [-0.2, -0.15) is 0 Å². The first-order chi connectivity index (χ1) is 13.0. The lowest BCUT2D eigenvalue weighted by Gasteiger charge is -2.13. The minimum Gasteiger partial charge on any atom is -0.460 e. The SMILES string of the molecule is Cc1[nH]c2ccc(C(=O)OCCN3C(=O)c4ccccc4C3=O)cc2c1C. The maximum absolute atomic E-state index is 12.3. The van der Waals surface area contributed by atoms with Gasteiger partial charge in [-0.25, -0.2) is 4.79 Å². The molecule has 27 heavy (non-hydrogen) atoms. The molecule has 136 valence electrons. The van der Waals surface area contributed by atoms with E-state index >= 15 is 0 Å². The number of ether oxygens (including phenoxy) is 1. The number of amides is 2. The fraction of sp³-hybridized carbons (Fsp3) is 0.190. The van der Waals surface area contributed by atoms with E-state index in [-0.39, 0.29) is 25.0 Å². The Morgan fingerprint density at radius 2 is 1.70 bits per heavy atom. The van der Waals surface area contributed by atoms with Crippen molar-refractivity contribution >= 4 is 28.7 Å². The van der Waals surface area contributed by atoms with Gasteiger partial charge in [0, 0.05) is 16.6 Å². The van der Waals surface area contributed by atoms with Crippen LogP contribution < -0.4 is 0 Å². The second-order valence-electron chi connectivity index (χ2n) is 6.58. The van der Waals surface area contributed by atoms with Crippen LogP contribution in [0.3, 0.4) is 0 Å². The highest BCUT2D eigenvalue weighted by Crippen LogP contribution is 2.24. The number of aryl methyl sites for hydroxylation is 2. The van der Waals surface area contributed by atoms with E-state index in [1.807, 2.05) is 19.9 Å². The molecule has 0 fully saturated rings. The molecular formula is C21H18N2O4. The van der Waals surface area contributed by atoms with E-state index < -0.39 is 5.97 Å². The number of carbonyl (C=O) groups excluding carboxylic acids is 3. The summed E-state index contributed by atoms with van der Waals surface area (Å²) in [5.74, 6) is -1.19. The first-order valence-electron chi connectivity index (χ1n) is 8.68. The summed E-state index contributed by atoms with van der Waals surface area (Å²) < 4.78 is 5.29. The molecule has 0 saturated heterocycles. The van der Waals surface area contributed by atoms with Crippen molar-refractivity contribution in [3.05, 3.63) is 70.4 Å². The molecule has 0 saturated carbocycles. The molecule has 1 N–H and O–H groups in total. The number of hydrogen-bond acceptors (Lipinski definition) is 4. The zero-order chi connectivity index (χ0) is 19.1. The summed E-state index contributed by atoms with van der Waals surface area (Å²) in [4.78, 5) is 41.3. The van der Waals surface area contributed by atoms with Crippen LogP contribution in [-0.4, -0.2) is 40.8 Å². The molecule has 0 aliphatic carbocycles. The summed E-state index contributed by atoms with van der Waals surface area (Å²) in [6, 6.07) is 12.0. The summed E-state index contributed by atoms with van der Waals surface area (Å²) in [5.41, 5.74) is 4.32. The number of aromatic amines is 1. The molecule has 2 heterocycles. The van der Waals surface area contributed by atoms with Crippen molar-refractivity contribution in [2.24, 2.45) is 0 Å². The number of carbonyl (C=O) groups is 3. The van der Waals surface area contributed by atoms with Crippen molar-refractivity contribution in [2.75, 3.05) is 13.2 Å². The van der Waals surface area contributed by atoms with Gasteiger partial charge in [-0.1, -0.05) is 12.1 Å². The third-order valence-corrected chi connectivity index (χ3v) is 4.97. The fourth-order valence-corrected chi connectivity index (χ4v) is 3.34. The van der Waals surface area contributed by atoms with E-state index in [0.29, 0.717) is 16.7 Å². The number of esters is 1. The molecule has 1 aliphatic rings. The Morgan fingerprint density at radius 1 is 1.04 bits per heavy atom. The molecule has 2 aromatic carbocycles. The number of hydrogen-bond donors (Lipinski definition) is 1. The van der Waals surface area contributed by atoms with E-state index in [9.17, 15) is 14.4 Å². The van der Waals surface area contributed by atoms with Gasteiger partial charge < -0.3 is 9.72 Å². The van der Waals surface area contributed by atoms with E-state index in [0.717, 1.165) is 27.1 Å². The Bertz CT molecular complexity index is 1060. The van der Waals surface area contributed by atoms with Crippen LogP contribution in [0.4, 0.5) is 0 Å². The average molecular weight is 362 g/mol. The molecule has 0 spiro atoms. The number of nitrogens with zero attached hydrogens (tertiary/aromatic N) is 1. The van der Waals surface area contributed by atoms with Crippen LogP contribution >= 0.6 is 0 Å². The third-order valence-electron chi connectivity index (χ3n) is 4.97. The lowest BCUT2D eigenvalue weighted by Crippen LogP contribution is -2.33. The molecule has 6 nitrogen and oxygen atoms in total. The zero-order valence-corrected chi connectivity index (χ0v) is 15.0.